The minimum atomic E-state index is -0.173. The molecule has 0 fully saturated rings. The normalized spacial score (nSPS) is 16.0. The fraction of sp³-hybridized carbons (Fsp3) is 0.316. The first-order valence-electron chi connectivity index (χ1n) is 8.52. The first-order chi connectivity index (χ1) is 12.7. The van der Waals surface area contributed by atoms with Crippen molar-refractivity contribution in [3.05, 3.63) is 53.5 Å². The molecule has 0 aliphatic carbocycles. The Kier molecular flexibility index (Phi) is 4.20. The van der Waals surface area contributed by atoms with E-state index in [0.29, 0.717) is 24.4 Å². The average Bonchev–Trinajstić information content (AvgIpc) is 3.08. The molecule has 1 aromatic carbocycles. The third kappa shape index (κ3) is 2.96. The van der Waals surface area contributed by atoms with Crippen molar-refractivity contribution in [3.8, 4) is 11.5 Å². The van der Waals surface area contributed by atoms with Crippen LogP contribution in [0, 0.1) is 12.8 Å². The number of ether oxygens (including phenoxy) is 2. The second kappa shape index (κ2) is 6.67. The third-order valence-corrected chi connectivity index (χ3v) is 4.53. The number of para-hydroxylation sites is 1. The van der Waals surface area contributed by atoms with Gasteiger partial charge in [-0.15, -0.1) is 0 Å². The van der Waals surface area contributed by atoms with Crippen LogP contribution in [0.15, 0.2) is 36.8 Å². The van der Waals surface area contributed by atoms with Crippen LogP contribution in [0.1, 0.15) is 21.5 Å². The Morgan fingerprint density at radius 3 is 3.15 bits per heavy atom. The Balaban J connectivity index is 1.43. The monoisotopic (exact) mass is 352 g/mol. The van der Waals surface area contributed by atoms with Crippen LogP contribution < -0.4 is 14.8 Å². The number of carbonyl (C=O) groups is 1. The topological polar surface area (TPSA) is 77.8 Å². The molecule has 7 nitrogen and oxygen atoms in total. The summed E-state index contributed by atoms with van der Waals surface area (Å²) in [4.78, 5) is 16.8. The Morgan fingerprint density at radius 2 is 2.31 bits per heavy atom. The number of benzene rings is 1. The molecule has 1 atom stereocenters. The summed E-state index contributed by atoms with van der Waals surface area (Å²) in [6.07, 6.45) is 5.96. The Bertz CT molecular complexity index is 967. The van der Waals surface area contributed by atoms with Crippen molar-refractivity contribution in [2.75, 3.05) is 20.3 Å². The Morgan fingerprint density at radius 1 is 1.42 bits per heavy atom. The molecular formula is C19H20N4O3. The van der Waals surface area contributed by atoms with Crippen molar-refractivity contribution in [3.63, 3.8) is 0 Å². The highest BCUT2D eigenvalue weighted by Crippen LogP contribution is 2.35. The van der Waals surface area contributed by atoms with Gasteiger partial charge in [-0.05, 0) is 30.5 Å². The highest BCUT2D eigenvalue weighted by molar-refractivity contribution is 5.99. The zero-order chi connectivity index (χ0) is 18.1. The summed E-state index contributed by atoms with van der Waals surface area (Å²) in [6.45, 7) is 3.00. The maximum atomic E-state index is 12.5. The van der Waals surface area contributed by atoms with E-state index in [-0.39, 0.29) is 11.8 Å². The quantitative estimate of drug-likeness (QED) is 0.777. The molecular weight excluding hydrogens is 332 g/mol. The highest BCUT2D eigenvalue weighted by Gasteiger charge is 2.23. The molecule has 0 saturated heterocycles. The first kappa shape index (κ1) is 16.4. The molecule has 0 spiro atoms. The van der Waals surface area contributed by atoms with Crippen molar-refractivity contribution in [1.82, 2.24) is 19.9 Å². The summed E-state index contributed by atoms with van der Waals surface area (Å²) in [6, 6.07) is 5.87. The molecule has 0 saturated carbocycles. The number of nitrogens with zero attached hydrogens (tertiary/aromatic N) is 3. The van der Waals surface area contributed by atoms with Gasteiger partial charge in [-0.2, -0.15) is 5.10 Å². The number of fused-ring (bicyclic) bond motifs is 2. The first-order valence-corrected chi connectivity index (χ1v) is 8.52. The molecule has 26 heavy (non-hydrogen) atoms. The van der Waals surface area contributed by atoms with Gasteiger partial charge < -0.3 is 14.8 Å². The molecule has 7 heteroatoms. The summed E-state index contributed by atoms with van der Waals surface area (Å²) in [7, 11) is 1.64. The van der Waals surface area contributed by atoms with Gasteiger partial charge in [0.25, 0.3) is 5.91 Å². The van der Waals surface area contributed by atoms with Crippen molar-refractivity contribution in [1.29, 1.82) is 0 Å². The van der Waals surface area contributed by atoms with E-state index in [0.717, 1.165) is 29.0 Å². The number of aromatic nitrogens is 3. The summed E-state index contributed by atoms with van der Waals surface area (Å²) >= 11 is 0. The number of amides is 1. The Labute approximate surface area is 151 Å². The van der Waals surface area contributed by atoms with E-state index in [4.69, 9.17) is 9.47 Å². The zero-order valence-corrected chi connectivity index (χ0v) is 14.7. The second-order valence-corrected chi connectivity index (χ2v) is 6.50. The SMILES string of the molecule is COc1cccc2c1OC[C@H](CNC(=O)c1cnn3cc(C)cnc13)C2. The van der Waals surface area contributed by atoms with Crippen LogP contribution in [-0.2, 0) is 6.42 Å². The van der Waals surface area contributed by atoms with Gasteiger partial charge in [0.05, 0.1) is 19.9 Å². The van der Waals surface area contributed by atoms with Gasteiger partial charge in [0.2, 0.25) is 0 Å². The van der Waals surface area contributed by atoms with Gasteiger partial charge in [0.15, 0.2) is 17.1 Å². The molecule has 2 aromatic heterocycles. The van der Waals surface area contributed by atoms with Gasteiger partial charge in [-0.1, -0.05) is 12.1 Å². The molecule has 0 unspecified atom stereocenters. The maximum absolute atomic E-state index is 12.5. The Hall–Kier alpha value is -3.09. The molecule has 134 valence electrons. The molecule has 3 aromatic rings. The second-order valence-electron chi connectivity index (χ2n) is 6.50. The summed E-state index contributed by atoms with van der Waals surface area (Å²) in [5.74, 6) is 1.58. The van der Waals surface area contributed by atoms with E-state index in [1.54, 1.807) is 24.0 Å². The zero-order valence-electron chi connectivity index (χ0n) is 14.7. The maximum Gasteiger partial charge on any atom is 0.256 e. The van der Waals surface area contributed by atoms with Crippen molar-refractivity contribution in [2.45, 2.75) is 13.3 Å². The minimum Gasteiger partial charge on any atom is -0.493 e. The molecule has 1 amide bonds. The van der Waals surface area contributed by atoms with E-state index in [1.165, 1.54) is 0 Å². The van der Waals surface area contributed by atoms with Gasteiger partial charge in [0, 0.05) is 24.9 Å². The predicted molar refractivity (Wildman–Crippen MR) is 95.7 cm³/mol. The van der Waals surface area contributed by atoms with Crippen LogP contribution in [-0.4, -0.2) is 40.8 Å². The van der Waals surface area contributed by atoms with Crippen LogP contribution in [0.3, 0.4) is 0 Å². The van der Waals surface area contributed by atoms with E-state index < -0.39 is 0 Å². The lowest BCUT2D eigenvalue weighted by Crippen LogP contribution is -2.34. The van der Waals surface area contributed by atoms with E-state index in [9.17, 15) is 4.79 Å². The predicted octanol–water partition coefficient (Wildman–Crippen LogP) is 2.03. The summed E-state index contributed by atoms with van der Waals surface area (Å²) in [5, 5.41) is 7.18. The van der Waals surface area contributed by atoms with Crippen LogP contribution in [0.2, 0.25) is 0 Å². The lowest BCUT2D eigenvalue weighted by molar-refractivity contribution is 0.0940. The molecule has 0 bridgehead atoms. The third-order valence-electron chi connectivity index (χ3n) is 4.53. The van der Waals surface area contributed by atoms with Crippen LogP contribution in [0.5, 0.6) is 11.5 Å². The number of carbonyl (C=O) groups excluding carboxylic acids is 1. The van der Waals surface area contributed by atoms with Crippen molar-refractivity contribution < 1.29 is 14.3 Å². The van der Waals surface area contributed by atoms with Crippen molar-refractivity contribution in [2.24, 2.45) is 5.92 Å². The number of hydrogen-bond acceptors (Lipinski definition) is 5. The highest BCUT2D eigenvalue weighted by atomic mass is 16.5. The number of methoxy groups -OCH3 is 1. The van der Waals surface area contributed by atoms with E-state index in [1.807, 2.05) is 31.3 Å². The minimum absolute atomic E-state index is 0.173. The van der Waals surface area contributed by atoms with E-state index in [2.05, 4.69) is 15.4 Å². The van der Waals surface area contributed by atoms with Gasteiger partial charge >= 0.3 is 0 Å². The number of aryl methyl sites for hydroxylation is 1. The lowest BCUT2D eigenvalue weighted by atomic mass is 9.96. The van der Waals surface area contributed by atoms with Crippen LogP contribution in [0.25, 0.3) is 5.65 Å². The largest absolute Gasteiger partial charge is 0.493 e. The number of hydrogen-bond donors (Lipinski definition) is 1. The van der Waals surface area contributed by atoms with E-state index >= 15 is 0 Å². The number of rotatable bonds is 4. The molecule has 1 aliphatic heterocycles. The smallest absolute Gasteiger partial charge is 0.256 e. The molecule has 1 aliphatic rings. The summed E-state index contributed by atoms with van der Waals surface area (Å²) < 4.78 is 12.8. The fourth-order valence-electron chi connectivity index (χ4n) is 3.21. The van der Waals surface area contributed by atoms with Gasteiger partial charge in [-0.25, -0.2) is 9.50 Å². The van der Waals surface area contributed by atoms with Gasteiger partial charge in [0.1, 0.15) is 5.56 Å². The molecule has 3 heterocycles. The molecule has 1 N–H and O–H groups in total. The van der Waals surface area contributed by atoms with Crippen LogP contribution in [0.4, 0.5) is 0 Å². The molecule has 0 radical (unpaired) electrons. The number of nitrogens with one attached hydrogen (secondary N) is 1. The van der Waals surface area contributed by atoms with Crippen LogP contribution >= 0.6 is 0 Å². The fourth-order valence-corrected chi connectivity index (χ4v) is 3.21. The summed E-state index contributed by atoms with van der Waals surface area (Å²) in [5.41, 5.74) is 3.12. The van der Waals surface area contributed by atoms with Crippen molar-refractivity contribution >= 4 is 11.6 Å². The van der Waals surface area contributed by atoms with Gasteiger partial charge in [-0.3, -0.25) is 4.79 Å². The standard InChI is InChI=1S/C19H20N4O3/c1-12-7-20-18-15(9-22-23(18)10-12)19(24)21-8-13-6-14-4-3-5-16(25-2)17(14)26-11-13/h3-5,7,9-10,13H,6,8,11H2,1-2H3,(H,21,24)/t13-/m0/s1. The lowest BCUT2D eigenvalue weighted by Gasteiger charge is -2.26. The average molecular weight is 352 g/mol. The molecule has 4 rings (SSSR count).